The van der Waals surface area contributed by atoms with E-state index in [1.165, 1.54) is 4.68 Å². The van der Waals surface area contributed by atoms with Crippen molar-refractivity contribution >= 4 is 11.5 Å². The predicted molar refractivity (Wildman–Crippen MR) is 70.4 cm³/mol. The van der Waals surface area contributed by atoms with E-state index in [4.69, 9.17) is 6.42 Å². The van der Waals surface area contributed by atoms with Crippen molar-refractivity contribution < 1.29 is 4.92 Å². The molecule has 1 heterocycles. The molecule has 0 saturated heterocycles. The number of nitro groups is 1. The molecule has 1 unspecified atom stereocenters. The lowest BCUT2D eigenvalue weighted by atomic mass is 10.2. The van der Waals surface area contributed by atoms with E-state index >= 15 is 0 Å². The van der Waals surface area contributed by atoms with Crippen LogP contribution in [0.5, 0.6) is 0 Å². The summed E-state index contributed by atoms with van der Waals surface area (Å²) in [7, 11) is 1.69. The molecule has 0 radical (unpaired) electrons. The van der Waals surface area contributed by atoms with Crippen molar-refractivity contribution in [2.24, 2.45) is 7.05 Å². The SMILES string of the molecule is C#CCC(C)Nc1c([N+](=O)[O-])c(CCC)nn1C. The number of nitrogens with zero attached hydrogens (tertiary/aromatic N) is 3. The normalized spacial score (nSPS) is 11.9. The number of terminal acetylenes is 1. The summed E-state index contributed by atoms with van der Waals surface area (Å²) in [5.74, 6) is 2.95. The van der Waals surface area contributed by atoms with Crippen molar-refractivity contribution in [3.63, 3.8) is 0 Å². The van der Waals surface area contributed by atoms with E-state index in [1.54, 1.807) is 7.05 Å². The molecule has 0 bridgehead atoms. The first kappa shape index (κ1) is 14.0. The Balaban J connectivity index is 3.09. The van der Waals surface area contributed by atoms with Crippen molar-refractivity contribution in [3.05, 3.63) is 15.8 Å². The Morgan fingerprint density at radius 1 is 1.67 bits per heavy atom. The van der Waals surface area contributed by atoms with Gasteiger partial charge < -0.3 is 5.32 Å². The zero-order valence-corrected chi connectivity index (χ0v) is 10.9. The summed E-state index contributed by atoms with van der Waals surface area (Å²) in [6, 6.07) is -0.0291. The standard InChI is InChI=1S/C12H18N4O2/c1-5-7-9(3)13-12-11(16(17)18)10(8-6-2)14-15(12)4/h1,9,13H,6-8H2,2-4H3. The molecule has 6 nitrogen and oxygen atoms in total. The molecular formula is C12H18N4O2. The van der Waals surface area contributed by atoms with Gasteiger partial charge in [-0.2, -0.15) is 5.10 Å². The van der Waals surface area contributed by atoms with Gasteiger partial charge in [0.05, 0.1) is 4.92 Å². The molecular weight excluding hydrogens is 232 g/mol. The minimum atomic E-state index is -0.386. The third kappa shape index (κ3) is 3.00. The molecule has 1 aromatic rings. The van der Waals surface area contributed by atoms with Crippen molar-refractivity contribution in [1.29, 1.82) is 0 Å². The number of aromatic nitrogens is 2. The lowest BCUT2D eigenvalue weighted by molar-refractivity contribution is -0.384. The monoisotopic (exact) mass is 250 g/mol. The quantitative estimate of drug-likeness (QED) is 0.476. The van der Waals surface area contributed by atoms with Crippen LogP contribution >= 0.6 is 0 Å². The Morgan fingerprint density at radius 3 is 2.83 bits per heavy atom. The molecule has 1 rings (SSSR count). The minimum absolute atomic E-state index is 0.0291. The highest BCUT2D eigenvalue weighted by molar-refractivity contribution is 5.60. The van der Waals surface area contributed by atoms with Crippen LogP contribution in [0.15, 0.2) is 0 Å². The molecule has 0 aromatic carbocycles. The molecule has 0 aliphatic carbocycles. The molecule has 0 aliphatic rings. The van der Waals surface area contributed by atoms with Gasteiger partial charge in [0.1, 0.15) is 5.69 Å². The predicted octanol–water partition coefficient (Wildman–Crippen LogP) is 2.10. The lowest BCUT2D eigenvalue weighted by Gasteiger charge is -2.11. The highest BCUT2D eigenvalue weighted by Crippen LogP contribution is 2.29. The zero-order valence-electron chi connectivity index (χ0n) is 10.9. The van der Waals surface area contributed by atoms with Gasteiger partial charge in [0.15, 0.2) is 0 Å². The average Bonchev–Trinajstić information content (AvgIpc) is 2.56. The topological polar surface area (TPSA) is 73.0 Å². The Labute approximate surface area is 107 Å². The van der Waals surface area contributed by atoms with Crippen LogP contribution in [0.25, 0.3) is 0 Å². The smallest absolute Gasteiger partial charge is 0.333 e. The summed E-state index contributed by atoms with van der Waals surface area (Å²) >= 11 is 0. The van der Waals surface area contributed by atoms with Crippen molar-refractivity contribution in [2.45, 2.75) is 39.2 Å². The van der Waals surface area contributed by atoms with Gasteiger partial charge in [0, 0.05) is 19.5 Å². The fraction of sp³-hybridized carbons (Fsp3) is 0.583. The van der Waals surface area contributed by atoms with Crippen molar-refractivity contribution in [1.82, 2.24) is 9.78 Å². The van der Waals surface area contributed by atoms with Gasteiger partial charge in [0.2, 0.25) is 5.82 Å². The fourth-order valence-electron chi connectivity index (χ4n) is 1.79. The molecule has 98 valence electrons. The summed E-state index contributed by atoms with van der Waals surface area (Å²) < 4.78 is 1.51. The van der Waals surface area contributed by atoms with E-state index in [0.29, 0.717) is 24.4 Å². The van der Waals surface area contributed by atoms with Gasteiger partial charge in [-0.25, -0.2) is 4.68 Å². The minimum Gasteiger partial charge on any atom is -0.361 e. The van der Waals surface area contributed by atoms with E-state index < -0.39 is 0 Å². The van der Waals surface area contributed by atoms with Crippen LogP contribution in [0, 0.1) is 22.5 Å². The summed E-state index contributed by atoms with van der Waals surface area (Å²) in [6.07, 6.45) is 7.14. The van der Waals surface area contributed by atoms with Crippen LogP contribution in [0.2, 0.25) is 0 Å². The molecule has 6 heteroatoms. The van der Waals surface area contributed by atoms with Gasteiger partial charge in [-0.1, -0.05) is 13.3 Å². The van der Waals surface area contributed by atoms with Crippen LogP contribution in [0.1, 0.15) is 32.4 Å². The number of hydrogen-bond donors (Lipinski definition) is 1. The first-order chi connectivity index (χ1) is 8.51. The van der Waals surface area contributed by atoms with Crippen LogP contribution < -0.4 is 5.32 Å². The number of rotatable bonds is 6. The first-order valence-electron chi connectivity index (χ1n) is 5.91. The number of aryl methyl sites for hydroxylation is 2. The molecule has 1 atom stereocenters. The Kier molecular flexibility index (Phi) is 4.72. The van der Waals surface area contributed by atoms with Crippen LogP contribution in [-0.4, -0.2) is 20.7 Å². The molecule has 0 aliphatic heterocycles. The van der Waals surface area contributed by atoms with Crippen LogP contribution in [-0.2, 0) is 13.5 Å². The van der Waals surface area contributed by atoms with E-state index in [9.17, 15) is 10.1 Å². The largest absolute Gasteiger partial charge is 0.361 e. The molecule has 1 aromatic heterocycles. The highest BCUT2D eigenvalue weighted by Gasteiger charge is 2.26. The van der Waals surface area contributed by atoms with Crippen molar-refractivity contribution in [2.75, 3.05) is 5.32 Å². The summed E-state index contributed by atoms with van der Waals surface area (Å²) in [6.45, 7) is 3.85. The summed E-state index contributed by atoms with van der Waals surface area (Å²) in [5.41, 5.74) is 0.573. The number of nitrogens with one attached hydrogen (secondary N) is 1. The van der Waals surface area contributed by atoms with E-state index in [0.717, 1.165) is 6.42 Å². The van der Waals surface area contributed by atoms with Gasteiger partial charge in [-0.15, -0.1) is 12.3 Å². The molecule has 0 amide bonds. The van der Waals surface area contributed by atoms with Gasteiger partial charge in [0.25, 0.3) is 0 Å². The molecule has 0 spiro atoms. The Morgan fingerprint density at radius 2 is 2.33 bits per heavy atom. The second kappa shape index (κ2) is 6.05. The van der Waals surface area contributed by atoms with Crippen LogP contribution in [0.4, 0.5) is 11.5 Å². The Bertz CT molecular complexity index is 473. The maximum atomic E-state index is 11.1. The third-order valence-corrected chi connectivity index (χ3v) is 2.57. The highest BCUT2D eigenvalue weighted by atomic mass is 16.6. The van der Waals surface area contributed by atoms with E-state index in [1.807, 2.05) is 13.8 Å². The van der Waals surface area contributed by atoms with E-state index in [-0.39, 0.29) is 16.7 Å². The average molecular weight is 250 g/mol. The third-order valence-electron chi connectivity index (χ3n) is 2.57. The summed E-state index contributed by atoms with van der Waals surface area (Å²) in [5, 5.41) is 18.4. The van der Waals surface area contributed by atoms with Crippen molar-refractivity contribution in [3.8, 4) is 12.3 Å². The fourth-order valence-corrected chi connectivity index (χ4v) is 1.79. The maximum Gasteiger partial charge on any atom is 0.333 e. The molecule has 18 heavy (non-hydrogen) atoms. The van der Waals surface area contributed by atoms with E-state index in [2.05, 4.69) is 16.3 Å². The second-order valence-electron chi connectivity index (χ2n) is 4.23. The number of anilines is 1. The summed E-state index contributed by atoms with van der Waals surface area (Å²) in [4.78, 5) is 10.8. The Hall–Kier alpha value is -2.03. The maximum absolute atomic E-state index is 11.1. The van der Waals surface area contributed by atoms with Crippen LogP contribution in [0.3, 0.4) is 0 Å². The molecule has 0 fully saturated rings. The van der Waals surface area contributed by atoms with Gasteiger partial charge in [-0.3, -0.25) is 10.1 Å². The molecule has 1 N–H and O–H groups in total. The lowest BCUT2D eigenvalue weighted by Crippen LogP contribution is -2.17. The van der Waals surface area contributed by atoms with Gasteiger partial charge >= 0.3 is 5.69 Å². The second-order valence-corrected chi connectivity index (χ2v) is 4.23. The van der Waals surface area contributed by atoms with Gasteiger partial charge in [-0.05, 0) is 13.3 Å². The first-order valence-corrected chi connectivity index (χ1v) is 5.91. The zero-order chi connectivity index (χ0) is 13.7. The number of hydrogen-bond acceptors (Lipinski definition) is 4. The molecule has 0 saturated carbocycles.